The molecule has 0 radical (unpaired) electrons. The minimum absolute atomic E-state index is 0.00921. The standard InChI is InChI=1S/C24H28N4O3/c1-2-23(29)26-18-9-5-16(6-10-18)7-12-22-27-20-11-8-17(14-21(20)28-22)24(30)25-15-19-4-3-13-31-19/h5-6,8-11,14,19H,2-4,7,12-13,15H2,1H3,(H,25,30)(H,26,29)(H,27,28). The Kier molecular flexibility index (Phi) is 6.62. The van der Waals surface area contributed by atoms with Crippen molar-refractivity contribution < 1.29 is 14.3 Å². The lowest BCUT2D eigenvalue weighted by Gasteiger charge is -2.10. The van der Waals surface area contributed by atoms with Gasteiger partial charge in [0, 0.05) is 37.2 Å². The highest BCUT2D eigenvalue weighted by Crippen LogP contribution is 2.17. The maximum absolute atomic E-state index is 12.4. The van der Waals surface area contributed by atoms with Gasteiger partial charge < -0.3 is 20.4 Å². The van der Waals surface area contributed by atoms with Crippen molar-refractivity contribution in [2.24, 2.45) is 0 Å². The van der Waals surface area contributed by atoms with E-state index in [1.165, 1.54) is 5.56 Å². The number of imidazole rings is 1. The number of aromatic amines is 1. The van der Waals surface area contributed by atoms with E-state index in [1.54, 1.807) is 6.07 Å². The van der Waals surface area contributed by atoms with Crippen LogP contribution in [0.2, 0.25) is 0 Å². The lowest BCUT2D eigenvalue weighted by Crippen LogP contribution is -2.31. The molecule has 2 amide bonds. The summed E-state index contributed by atoms with van der Waals surface area (Å²) in [6, 6.07) is 13.4. The Morgan fingerprint density at radius 3 is 2.74 bits per heavy atom. The smallest absolute Gasteiger partial charge is 0.251 e. The fraction of sp³-hybridized carbons (Fsp3) is 0.375. The van der Waals surface area contributed by atoms with Crippen molar-refractivity contribution in [1.29, 1.82) is 0 Å². The molecule has 1 unspecified atom stereocenters. The highest BCUT2D eigenvalue weighted by Gasteiger charge is 2.17. The summed E-state index contributed by atoms with van der Waals surface area (Å²) >= 11 is 0. The number of aryl methyl sites for hydroxylation is 2. The summed E-state index contributed by atoms with van der Waals surface area (Å²) in [6.07, 6.45) is 4.24. The average molecular weight is 421 g/mol. The molecule has 162 valence electrons. The largest absolute Gasteiger partial charge is 0.376 e. The van der Waals surface area contributed by atoms with Crippen LogP contribution in [0.1, 0.15) is 47.9 Å². The van der Waals surface area contributed by atoms with Crippen LogP contribution in [-0.4, -0.2) is 41.0 Å². The number of nitrogens with one attached hydrogen (secondary N) is 3. The molecule has 7 heteroatoms. The van der Waals surface area contributed by atoms with Crippen LogP contribution in [0, 0.1) is 0 Å². The van der Waals surface area contributed by atoms with Crippen LogP contribution in [-0.2, 0) is 22.4 Å². The van der Waals surface area contributed by atoms with Crippen molar-refractivity contribution >= 4 is 28.5 Å². The average Bonchev–Trinajstić information content (AvgIpc) is 3.45. The Morgan fingerprint density at radius 1 is 1.16 bits per heavy atom. The number of hydrogen-bond donors (Lipinski definition) is 3. The van der Waals surface area contributed by atoms with E-state index >= 15 is 0 Å². The van der Waals surface area contributed by atoms with E-state index in [4.69, 9.17) is 4.74 Å². The van der Waals surface area contributed by atoms with Crippen molar-refractivity contribution in [3.05, 3.63) is 59.4 Å². The van der Waals surface area contributed by atoms with E-state index in [0.717, 1.165) is 54.8 Å². The van der Waals surface area contributed by atoms with Gasteiger partial charge in [0.1, 0.15) is 5.82 Å². The van der Waals surface area contributed by atoms with Gasteiger partial charge in [0.25, 0.3) is 5.91 Å². The second-order valence-electron chi connectivity index (χ2n) is 7.86. The molecular formula is C24H28N4O3. The fourth-order valence-electron chi connectivity index (χ4n) is 3.70. The number of ether oxygens (including phenoxy) is 1. The lowest BCUT2D eigenvalue weighted by atomic mass is 10.1. The van der Waals surface area contributed by atoms with Crippen LogP contribution in [0.3, 0.4) is 0 Å². The first-order chi connectivity index (χ1) is 15.1. The first kappa shape index (κ1) is 21.1. The predicted octanol–water partition coefficient (Wildman–Crippen LogP) is 3.61. The third-order valence-electron chi connectivity index (χ3n) is 5.52. The monoisotopic (exact) mass is 420 g/mol. The van der Waals surface area contributed by atoms with E-state index in [-0.39, 0.29) is 17.9 Å². The number of H-pyrrole nitrogens is 1. The van der Waals surface area contributed by atoms with Gasteiger partial charge in [-0.1, -0.05) is 19.1 Å². The number of aromatic nitrogens is 2. The second-order valence-corrected chi connectivity index (χ2v) is 7.86. The van der Waals surface area contributed by atoms with Gasteiger partial charge in [-0.25, -0.2) is 4.98 Å². The van der Waals surface area contributed by atoms with Gasteiger partial charge >= 0.3 is 0 Å². The molecule has 3 N–H and O–H groups in total. The normalized spacial score (nSPS) is 15.8. The molecular weight excluding hydrogens is 392 g/mol. The fourth-order valence-corrected chi connectivity index (χ4v) is 3.70. The Balaban J connectivity index is 1.34. The molecule has 1 fully saturated rings. The SMILES string of the molecule is CCC(=O)Nc1ccc(CCc2nc3ccc(C(=O)NCC4CCCO4)cc3[nH]2)cc1. The van der Waals surface area contributed by atoms with Crippen LogP contribution in [0.5, 0.6) is 0 Å². The number of fused-ring (bicyclic) bond motifs is 1. The number of rotatable bonds is 8. The van der Waals surface area contributed by atoms with Gasteiger partial charge in [-0.3, -0.25) is 9.59 Å². The number of amides is 2. The Bertz CT molecular complexity index is 1050. The Morgan fingerprint density at radius 2 is 2.00 bits per heavy atom. The second kappa shape index (κ2) is 9.75. The van der Waals surface area contributed by atoms with Crippen LogP contribution < -0.4 is 10.6 Å². The van der Waals surface area contributed by atoms with Gasteiger partial charge in [-0.15, -0.1) is 0 Å². The molecule has 0 saturated carbocycles. The van der Waals surface area contributed by atoms with Crippen molar-refractivity contribution in [3.63, 3.8) is 0 Å². The molecule has 3 aromatic rings. The van der Waals surface area contributed by atoms with Crippen LogP contribution >= 0.6 is 0 Å². The third kappa shape index (κ3) is 5.49. The van der Waals surface area contributed by atoms with Gasteiger partial charge in [0.15, 0.2) is 0 Å². The van der Waals surface area contributed by atoms with Crippen molar-refractivity contribution in [1.82, 2.24) is 15.3 Å². The molecule has 31 heavy (non-hydrogen) atoms. The van der Waals surface area contributed by atoms with Crippen LogP contribution in [0.25, 0.3) is 11.0 Å². The van der Waals surface area contributed by atoms with E-state index in [0.29, 0.717) is 18.5 Å². The molecule has 4 rings (SSSR count). The Labute approximate surface area is 181 Å². The number of benzene rings is 2. The van der Waals surface area contributed by atoms with Crippen molar-refractivity contribution in [2.75, 3.05) is 18.5 Å². The molecule has 0 bridgehead atoms. The summed E-state index contributed by atoms with van der Waals surface area (Å²) in [7, 11) is 0. The zero-order valence-corrected chi connectivity index (χ0v) is 17.7. The number of nitrogens with zero attached hydrogens (tertiary/aromatic N) is 1. The van der Waals surface area contributed by atoms with E-state index in [1.807, 2.05) is 43.3 Å². The Hall–Kier alpha value is -3.19. The maximum Gasteiger partial charge on any atom is 0.251 e. The topological polar surface area (TPSA) is 96.1 Å². The van der Waals surface area contributed by atoms with Crippen molar-refractivity contribution in [2.45, 2.75) is 45.1 Å². The zero-order valence-electron chi connectivity index (χ0n) is 17.7. The van der Waals surface area contributed by atoms with Gasteiger partial charge in [0.05, 0.1) is 17.1 Å². The van der Waals surface area contributed by atoms with Crippen LogP contribution in [0.4, 0.5) is 5.69 Å². The summed E-state index contributed by atoms with van der Waals surface area (Å²) < 4.78 is 5.56. The first-order valence-electron chi connectivity index (χ1n) is 10.9. The lowest BCUT2D eigenvalue weighted by molar-refractivity contribution is -0.115. The quantitative estimate of drug-likeness (QED) is 0.519. The molecule has 2 heterocycles. The molecule has 0 aliphatic carbocycles. The van der Waals surface area contributed by atoms with E-state index in [2.05, 4.69) is 20.6 Å². The summed E-state index contributed by atoms with van der Waals surface area (Å²) in [5, 5.41) is 5.81. The summed E-state index contributed by atoms with van der Waals surface area (Å²) in [4.78, 5) is 31.9. The van der Waals surface area contributed by atoms with Crippen molar-refractivity contribution in [3.8, 4) is 0 Å². The van der Waals surface area contributed by atoms with Gasteiger partial charge in [0.2, 0.25) is 5.91 Å². The molecule has 1 aromatic heterocycles. The zero-order chi connectivity index (χ0) is 21.6. The molecule has 1 aliphatic heterocycles. The highest BCUT2D eigenvalue weighted by molar-refractivity contribution is 5.97. The van der Waals surface area contributed by atoms with E-state index < -0.39 is 0 Å². The molecule has 1 saturated heterocycles. The number of carbonyl (C=O) groups is 2. The molecule has 0 spiro atoms. The summed E-state index contributed by atoms with van der Waals surface area (Å²) in [6.45, 7) is 3.16. The summed E-state index contributed by atoms with van der Waals surface area (Å²) in [5.74, 6) is 0.800. The van der Waals surface area contributed by atoms with E-state index in [9.17, 15) is 9.59 Å². The third-order valence-corrected chi connectivity index (χ3v) is 5.52. The number of carbonyl (C=O) groups excluding carboxylic acids is 2. The molecule has 1 atom stereocenters. The minimum atomic E-state index is -0.0937. The highest BCUT2D eigenvalue weighted by atomic mass is 16.5. The number of hydrogen-bond acceptors (Lipinski definition) is 4. The molecule has 2 aromatic carbocycles. The first-order valence-corrected chi connectivity index (χ1v) is 10.9. The van der Waals surface area contributed by atoms with Gasteiger partial charge in [-0.05, 0) is 55.2 Å². The summed E-state index contributed by atoms with van der Waals surface area (Å²) in [5.41, 5.74) is 4.31. The molecule has 7 nitrogen and oxygen atoms in total. The van der Waals surface area contributed by atoms with Crippen LogP contribution in [0.15, 0.2) is 42.5 Å². The predicted molar refractivity (Wildman–Crippen MR) is 120 cm³/mol. The minimum Gasteiger partial charge on any atom is -0.376 e. The molecule has 1 aliphatic rings. The number of anilines is 1. The maximum atomic E-state index is 12.4. The van der Waals surface area contributed by atoms with Gasteiger partial charge in [-0.2, -0.15) is 0 Å².